The number of carbonyl (C=O) groups is 4. The number of nitrogens with zero attached hydrogens (tertiary/aromatic N) is 5. The number of nitrogen functional groups attached to an aromatic ring is 1. The van der Waals surface area contributed by atoms with E-state index in [1.807, 2.05) is 46.2 Å². The molecule has 1 aromatic heterocycles. The third kappa shape index (κ3) is 7.33. The van der Waals surface area contributed by atoms with E-state index in [9.17, 15) is 24.3 Å². The minimum Gasteiger partial charge on any atom is -0.476 e. The van der Waals surface area contributed by atoms with Crippen LogP contribution in [-0.2, 0) is 17.8 Å². The highest BCUT2D eigenvalue weighted by molar-refractivity contribution is 9.11. The van der Waals surface area contributed by atoms with Crippen molar-refractivity contribution in [2.45, 2.75) is 37.9 Å². The lowest BCUT2D eigenvalue weighted by molar-refractivity contribution is -0.133. The number of anilines is 3. The smallest absolute Gasteiger partial charge is 0.355 e. The Morgan fingerprint density at radius 2 is 1.72 bits per heavy atom. The lowest BCUT2D eigenvalue weighted by atomic mass is 10.0. The number of nitrogens with two attached hydrogens (primary N) is 1. The first kappa shape index (κ1) is 33.0. The molecule has 2 aromatic carbocycles. The molecular formula is C31H34Br2N8O5S. The quantitative estimate of drug-likeness (QED) is 0.256. The largest absolute Gasteiger partial charge is 0.476 e. The number of halogens is 2. The van der Waals surface area contributed by atoms with Gasteiger partial charge in [-0.15, -0.1) is 11.3 Å². The Morgan fingerprint density at radius 3 is 2.38 bits per heavy atom. The maximum atomic E-state index is 14.0. The van der Waals surface area contributed by atoms with Gasteiger partial charge >= 0.3 is 18.0 Å². The maximum Gasteiger partial charge on any atom is 0.355 e. The second-order valence-corrected chi connectivity index (χ2v) is 14.3. The van der Waals surface area contributed by atoms with Crippen molar-refractivity contribution < 1.29 is 24.3 Å². The van der Waals surface area contributed by atoms with Gasteiger partial charge in [-0.1, -0.05) is 18.2 Å². The Labute approximate surface area is 292 Å². The summed E-state index contributed by atoms with van der Waals surface area (Å²) in [6, 6.07) is 10.2. The number of para-hydroxylation sites is 1. The summed E-state index contributed by atoms with van der Waals surface area (Å²) in [6.45, 7) is 3.20. The molecule has 0 unspecified atom stereocenters. The summed E-state index contributed by atoms with van der Waals surface area (Å²) in [6.07, 6.45) is 1.50. The summed E-state index contributed by atoms with van der Waals surface area (Å²) in [5.74, 6) is -1.28. The number of likely N-dealkylation sites (tertiary alicyclic amines) is 1. The van der Waals surface area contributed by atoms with E-state index in [0.717, 1.165) is 16.8 Å². The van der Waals surface area contributed by atoms with E-state index in [1.54, 1.807) is 9.80 Å². The molecule has 5 N–H and O–H groups in total. The molecule has 2 saturated heterocycles. The van der Waals surface area contributed by atoms with Crippen LogP contribution in [0.1, 0.15) is 34.5 Å². The Morgan fingerprint density at radius 1 is 1.04 bits per heavy atom. The van der Waals surface area contributed by atoms with Crippen LogP contribution >= 0.6 is 43.2 Å². The molecule has 47 heavy (non-hydrogen) atoms. The first-order valence-corrected chi connectivity index (χ1v) is 17.7. The number of hydrogen-bond donors (Lipinski definition) is 4. The van der Waals surface area contributed by atoms with E-state index >= 15 is 0 Å². The Kier molecular flexibility index (Phi) is 9.89. The van der Waals surface area contributed by atoms with E-state index in [2.05, 4.69) is 47.5 Å². The van der Waals surface area contributed by atoms with Gasteiger partial charge in [0.15, 0.2) is 10.8 Å². The van der Waals surface area contributed by atoms with Gasteiger partial charge in [-0.2, -0.15) is 0 Å². The summed E-state index contributed by atoms with van der Waals surface area (Å²) >= 11 is 8.22. The lowest BCUT2D eigenvalue weighted by Gasteiger charge is -2.41. The van der Waals surface area contributed by atoms with Gasteiger partial charge in [0, 0.05) is 78.3 Å². The number of urea groups is 2. The van der Waals surface area contributed by atoms with Gasteiger partial charge in [0.05, 0.1) is 5.69 Å². The number of carboxylic acids is 1. The monoisotopic (exact) mass is 788 g/mol. The number of benzene rings is 2. The summed E-state index contributed by atoms with van der Waals surface area (Å²) in [7, 11) is 0. The summed E-state index contributed by atoms with van der Waals surface area (Å²) < 4.78 is 1.37. The molecule has 2 fully saturated rings. The van der Waals surface area contributed by atoms with E-state index in [0.29, 0.717) is 78.4 Å². The number of fused-ring (bicyclic) bond motifs is 1. The fourth-order valence-electron chi connectivity index (χ4n) is 6.18. The number of thiazole rings is 1. The number of aromatic nitrogens is 1. The van der Waals surface area contributed by atoms with E-state index in [4.69, 9.17) is 5.73 Å². The molecule has 0 saturated carbocycles. The van der Waals surface area contributed by atoms with Crippen molar-refractivity contribution in [2.24, 2.45) is 0 Å². The Balaban J connectivity index is 1.11. The summed E-state index contributed by atoms with van der Waals surface area (Å²) in [4.78, 5) is 63.2. The number of aromatic carboxylic acids is 1. The van der Waals surface area contributed by atoms with Crippen LogP contribution in [-0.4, -0.2) is 100 Å². The number of piperazine rings is 1. The molecule has 4 heterocycles. The average molecular weight is 791 g/mol. The highest BCUT2D eigenvalue weighted by Crippen LogP contribution is 2.31. The maximum absolute atomic E-state index is 14.0. The van der Waals surface area contributed by atoms with Crippen molar-refractivity contribution >= 4 is 83.6 Å². The van der Waals surface area contributed by atoms with Crippen LogP contribution < -0.4 is 21.3 Å². The zero-order valence-corrected chi connectivity index (χ0v) is 29.3. The molecule has 0 radical (unpaired) electrons. The third-order valence-corrected chi connectivity index (χ3v) is 11.0. The van der Waals surface area contributed by atoms with Gasteiger partial charge in [-0.05, 0) is 74.0 Å². The van der Waals surface area contributed by atoms with Crippen molar-refractivity contribution in [2.75, 3.05) is 55.2 Å². The van der Waals surface area contributed by atoms with Gasteiger partial charge in [0.2, 0.25) is 5.91 Å². The number of amides is 5. The molecule has 248 valence electrons. The number of nitrogens with one attached hydrogen (secondary N) is 2. The Bertz CT molecular complexity index is 1670. The van der Waals surface area contributed by atoms with Crippen LogP contribution in [0.25, 0.3) is 0 Å². The van der Waals surface area contributed by atoms with Gasteiger partial charge in [0.25, 0.3) is 0 Å². The average Bonchev–Trinajstić information content (AvgIpc) is 3.57. The normalized spacial score (nSPS) is 17.6. The van der Waals surface area contributed by atoms with Crippen molar-refractivity contribution in [3.05, 3.63) is 67.5 Å². The van der Waals surface area contributed by atoms with Gasteiger partial charge in [-0.25, -0.2) is 19.4 Å². The van der Waals surface area contributed by atoms with Crippen LogP contribution in [0.15, 0.2) is 50.7 Å². The van der Waals surface area contributed by atoms with Crippen molar-refractivity contribution in [1.29, 1.82) is 0 Å². The predicted molar refractivity (Wildman–Crippen MR) is 186 cm³/mol. The second-order valence-electron chi connectivity index (χ2n) is 11.7. The van der Waals surface area contributed by atoms with Gasteiger partial charge < -0.3 is 41.1 Å². The van der Waals surface area contributed by atoms with Crippen molar-refractivity contribution in [1.82, 2.24) is 25.0 Å². The van der Waals surface area contributed by atoms with Crippen molar-refractivity contribution in [3.8, 4) is 0 Å². The molecule has 0 aliphatic carbocycles. The molecule has 0 bridgehead atoms. The van der Waals surface area contributed by atoms with E-state index in [1.165, 1.54) is 16.7 Å². The number of piperidine rings is 1. The minimum atomic E-state index is -1.08. The zero-order chi connectivity index (χ0) is 33.2. The molecule has 16 heteroatoms. The first-order valence-electron chi connectivity index (χ1n) is 15.2. The molecule has 3 aliphatic rings. The van der Waals surface area contributed by atoms with Crippen LogP contribution in [0, 0.1) is 0 Å². The predicted octanol–water partition coefficient (Wildman–Crippen LogP) is 4.43. The molecule has 13 nitrogen and oxygen atoms in total. The van der Waals surface area contributed by atoms with E-state index in [-0.39, 0.29) is 36.1 Å². The molecule has 6 rings (SSSR count). The van der Waals surface area contributed by atoms with Crippen molar-refractivity contribution in [3.63, 3.8) is 0 Å². The molecule has 5 amide bonds. The number of carbonyl (C=O) groups excluding carboxylic acids is 3. The molecule has 3 aliphatic heterocycles. The standard InChI is InChI=1S/C31H34Br2N8O5S/c32-21-13-18(14-22(33)26(21)34)15-24(27(42)38-9-11-40(12-10-38)31-37-25(17-47-31)28(43)44)36-29(45)39-7-5-20(6-8-39)41-16-19-3-1-2-4-23(19)35-30(41)46/h1-4,13-14,17,20,24H,5-12,15-16,34H2,(H,35,46)(H,36,45)(H,43,44)/t24-/m1/s1. The highest BCUT2D eigenvalue weighted by atomic mass is 79.9. The van der Waals surface area contributed by atoms with Crippen LogP contribution in [0.2, 0.25) is 0 Å². The second kappa shape index (κ2) is 14.1. The number of rotatable bonds is 7. The van der Waals surface area contributed by atoms with Crippen LogP contribution in [0.4, 0.5) is 26.1 Å². The molecule has 3 aromatic rings. The summed E-state index contributed by atoms with van der Waals surface area (Å²) in [5, 5.41) is 17.3. The third-order valence-electron chi connectivity index (χ3n) is 8.80. The molecular weight excluding hydrogens is 756 g/mol. The van der Waals surface area contributed by atoms with Crippen LogP contribution in [0.5, 0.6) is 0 Å². The fraction of sp³-hybridized carbons (Fsp3) is 0.387. The highest BCUT2D eigenvalue weighted by Gasteiger charge is 2.35. The molecule has 0 spiro atoms. The van der Waals surface area contributed by atoms with Gasteiger partial charge in [0.1, 0.15) is 6.04 Å². The summed E-state index contributed by atoms with van der Waals surface area (Å²) in [5.41, 5.74) is 9.35. The van der Waals surface area contributed by atoms with Gasteiger partial charge in [-0.3, -0.25) is 4.79 Å². The lowest BCUT2D eigenvalue weighted by Crippen LogP contribution is -2.58. The fourth-order valence-corrected chi connectivity index (χ4v) is 8.31. The van der Waals surface area contributed by atoms with E-state index < -0.39 is 12.0 Å². The van der Waals surface area contributed by atoms with Crippen LogP contribution in [0.3, 0.4) is 0 Å². The molecule has 1 atom stereocenters. The SMILES string of the molecule is Nc1c(Br)cc(C[C@@H](NC(=O)N2CCC(N3Cc4ccccc4NC3=O)CC2)C(=O)N2CCN(c3nc(C(=O)O)cs3)CC2)cc1Br. The minimum absolute atomic E-state index is 0.000613. The first-order chi connectivity index (χ1) is 22.6. The zero-order valence-electron chi connectivity index (χ0n) is 25.3. The Hall–Kier alpha value is -3.89. The topological polar surface area (TPSA) is 164 Å². The number of hydrogen-bond acceptors (Lipinski definition) is 8. The number of carboxylic acid groups (broad SMARTS) is 1.